The number of phenols is 1. The number of hydrogen-bond acceptors (Lipinski definition) is 5. The Bertz CT molecular complexity index is 1260. The largest absolute Gasteiger partial charge is 0.508 e. The summed E-state index contributed by atoms with van der Waals surface area (Å²) in [6.07, 6.45) is 0.685. The van der Waals surface area contributed by atoms with Gasteiger partial charge in [-0.25, -0.2) is 0 Å². The molecule has 8 heteroatoms. The Kier molecular flexibility index (Phi) is 7.96. The van der Waals surface area contributed by atoms with Gasteiger partial charge in [0.05, 0.1) is 17.3 Å². The summed E-state index contributed by atoms with van der Waals surface area (Å²) in [4.78, 5) is 2.19. The zero-order chi connectivity index (χ0) is 23.5. The molecule has 0 atom stereocenters. The Morgan fingerprint density at radius 3 is 2.37 bits per heavy atom. The maximum Gasteiger partial charge on any atom is 0.175 e. The van der Waals surface area contributed by atoms with E-state index in [1.807, 2.05) is 48.5 Å². The predicted octanol–water partition coefficient (Wildman–Crippen LogP) is 6.88. The van der Waals surface area contributed by atoms with Crippen LogP contribution in [0.15, 0.2) is 77.3 Å². The van der Waals surface area contributed by atoms with Gasteiger partial charge in [0.25, 0.3) is 0 Å². The number of aromatic hydroxyl groups is 1. The zero-order valence-corrected chi connectivity index (χ0v) is 20.4. The second kappa shape index (κ2) is 11.1. The van der Waals surface area contributed by atoms with Crippen molar-refractivity contribution in [2.75, 3.05) is 26.3 Å². The molecule has 0 saturated carbocycles. The van der Waals surface area contributed by atoms with Gasteiger partial charge < -0.3 is 14.4 Å². The topological polar surface area (TPSA) is 58.7 Å². The molecule has 182 valence electrons. The molecule has 1 aromatic heterocycles. The summed E-state index contributed by atoms with van der Waals surface area (Å²) in [6.45, 7) is 2.12. The van der Waals surface area contributed by atoms with Crippen LogP contribution < -0.4 is 4.74 Å². The highest BCUT2D eigenvalue weighted by atomic mass is 35.5. The van der Waals surface area contributed by atoms with Gasteiger partial charge in [-0.05, 0) is 54.4 Å². The number of ether oxygens (including phenoxy) is 1. The first kappa shape index (κ1) is 25.0. The van der Waals surface area contributed by atoms with Crippen molar-refractivity contribution in [1.82, 2.24) is 10.1 Å². The summed E-state index contributed by atoms with van der Waals surface area (Å²) < 4.78 is 24.2. The van der Waals surface area contributed by atoms with Crippen molar-refractivity contribution in [2.24, 2.45) is 0 Å². The Labute approximate surface area is 214 Å². The fourth-order valence-electron chi connectivity index (χ4n) is 4.16. The minimum Gasteiger partial charge on any atom is -0.508 e. The summed E-state index contributed by atoms with van der Waals surface area (Å²) >= 11 is 6.48. The average Bonchev–Trinajstić information content (AvgIpc) is 3.26. The molecule has 4 aromatic rings. The minimum absolute atomic E-state index is 0. The van der Waals surface area contributed by atoms with Crippen molar-refractivity contribution in [3.05, 3.63) is 77.8 Å². The van der Waals surface area contributed by atoms with Crippen molar-refractivity contribution in [3.8, 4) is 45.2 Å². The molecule has 0 amide bonds. The third kappa shape index (κ3) is 5.45. The van der Waals surface area contributed by atoms with Crippen LogP contribution in [0.2, 0.25) is 5.02 Å². The number of alkyl halides is 1. The normalized spacial score (nSPS) is 13.8. The third-order valence-electron chi connectivity index (χ3n) is 5.93. The highest BCUT2D eigenvalue weighted by Crippen LogP contribution is 2.42. The van der Waals surface area contributed by atoms with Gasteiger partial charge in [-0.2, -0.15) is 0 Å². The maximum absolute atomic E-state index is 12.3. The number of halogens is 3. The molecule has 1 aliphatic rings. The fourth-order valence-corrected chi connectivity index (χ4v) is 4.39. The number of aromatic nitrogens is 1. The third-order valence-corrected chi connectivity index (χ3v) is 6.26. The van der Waals surface area contributed by atoms with Crippen molar-refractivity contribution < 1.29 is 18.8 Å². The molecule has 1 N–H and O–H groups in total. The first-order chi connectivity index (χ1) is 16.6. The number of phenolic OH excluding ortho intramolecular Hbond substituents is 1. The molecule has 0 radical (unpaired) electrons. The zero-order valence-electron chi connectivity index (χ0n) is 18.9. The van der Waals surface area contributed by atoms with E-state index >= 15 is 0 Å². The predicted molar refractivity (Wildman–Crippen MR) is 138 cm³/mol. The Hall–Kier alpha value is -3.06. The molecule has 3 aromatic carbocycles. The summed E-state index contributed by atoms with van der Waals surface area (Å²) in [5.74, 6) is 1.55. The van der Waals surface area contributed by atoms with Gasteiger partial charge in [0.15, 0.2) is 5.76 Å². The Morgan fingerprint density at radius 2 is 1.69 bits per heavy atom. The van der Waals surface area contributed by atoms with Gasteiger partial charge in [0.1, 0.15) is 23.3 Å². The molecule has 5 nitrogen and oxygen atoms in total. The number of rotatable bonds is 8. The van der Waals surface area contributed by atoms with E-state index in [2.05, 4.69) is 10.1 Å². The van der Waals surface area contributed by atoms with Gasteiger partial charge in [-0.15, -0.1) is 12.4 Å². The van der Waals surface area contributed by atoms with E-state index in [4.69, 9.17) is 20.9 Å². The lowest BCUT2D eigenvalue weighted by Crippen LogP contribution is -2.53. The van der Waals surface area contributed by atoms with Crippen molar-refractivity contribution in [2.45, 2.75) is 12.5 Å². The monoisotopic (exact) mass is 514 g/mol. The molecule has 0 unspecified atom stereocenters. The SMILES string of the molecule is Cl.Oc1ccc(-c2onc(-c3ccccc3Cl)c2-c2ccc(OC3CN(CCCF)C3)cc2)cc1. The van der Waals surface area contributed by atoms with Crippen LogP contribution in [0.25, 0.3) is 33.7 Å². The Morgan fingerprint density at radius 1 is 1.00 bits per heavy atom. The smallest absolute Gasteiger partial charge is 0.175 e. The van der Waals surface area contributed by atoms with E-state index < -0.39 is 0 Å². The second-order valence-corrected chi connectivity index (χ2v) is 8.74. The number of benzene rings is 3. The van der Waals surface area contributed by atoms with Crippen molar-refractivity contribution in [3.63, 3.8) is 0 Å². The number of hydrogen-bond donors (Lipinski definition) is 1. The van der Waals surface area contributed by atoms with Crippen LogP contribution in [-0.2, 0) is 0 Å². The van der Waals surface area contributed by atoms with Crippen molar-refractivity contribution >= 4 is 24.0 Å². The van der Waals surface area contributed by atoms with Crippen molar-refractivity contribution in [1.29, 1.82) is 0 Å². The standard InChI is InChI=1S/C27H24ClFN2O3.ClH/c28-24-5-2-1-4-23(24)26-25(27(34-30-26)19-6-10-20(32)11-7-19)18-8-12-21(13-9-18)33-22-16-31(17-22)15-3-14-29;/h1-2,4-13,22,32H,3,14-17H2;1H. The number of likely N-dealkylation sites (tertiary alicyclic amines) is 1. The summed E-state index contributed by atoms with van der Waals surface area (Å²) in [6, 6.07) is 22.1. The van der Waals surface area contributed by atoms with Crippen LogP contribution in [0.1, 0.15) is 6.42 Å². The van der Waals surface area contributed by atoms with E-state index in [9.17, 15) is 9.50 Å². The molecular formula is C27H25Cl2FN2O3. The molecule has 35 heavy (non-hydrogen) atoms. The van der Waals surface area contributed by atoms with Crippen LogP contribution in [-0.4, -0.2) is 47.6 Å². The number of nitrogens with zero attached hydrogens (tertiary/aromatic N) is 2. The molecule has 0 bridgehead atoms. The van der Waals surface area contributed by atoms with E-state index in [0.717, 1.165) is 47.6 Å². The highest BCUT2D eigenvalue weighted by Gasteiger charge is 2.28. The molecular weight excluding hydrogens is 490 g/mol. The summed E-state index contributed by atoms with van der Waals surface area (Å²) in [5.41, 5.74) is 3.93. The second-order valence-electron chi connectivity index (χ2n) is 8.33. The van der Waals surface area contributed by atoms with E-state index in [0.29, 0.717) is 22.9 Å². The van der Waals surface area contributed by atoms with Crippen LogP contribution in [0.3, 0.4) is 0 Å². The molecule has 1 aliphatic heterocycles. The van der Waals surface area contributed by atoms with Gasteiger partial charge in [-0.1, -0.05) is 47.1 Å². The average molecular weight is 515 g/mol. The molecule has 0 aliphatic carbocycles. The van der Waals surface area contributed by atoms with Crippen LogP contribution >= 0.6 is 24.0 Å². The first-order valence-electron chi connectivity index (χ1n) is 11.2. The molecule has 1 fully saturated rings. The Balaban J connectivity index is 0.00000289. The fraction of sp³-hybridized carbons (Fsp3) is 0.222. The van der Waals surface area contributed by atoms with E-state index in [-0.39, 0.29) is 30.9 Å². The highest BCUT2D eigenvalue weighted by molar-refractivity contribution is 6.33. The quantitative estimate of drug-likeness (QED) is 0.277. The molecule has 0 spiro atoms. The van der Waals surface area contributed by atoms with Crippen LogP contribution in [0, 0.1) is 0 Å². The maximum atomic E-state index is 12.3. The van der Waals surface area contributed by atoms with Crippen LogP contribution in [0.5, 0.6) is 11.5 Å². The lowest BCUT2D eigenvalue weighted by Gasteiger charge is -2.38. The van der Waals surface area contributed by atoms with Gasteiger partial charge in [0.2, 0.25) is 0 Å². The molecule has 2 heterocycles. The lowest BCUT2D eigenvalue weighted by molar-refractivity contribution is 0.0184. The van der Waals surface area contributed by atoms with E-state index in [1.54, 1.807) is 24.3 Å². The van der Waals surface area contributed by atoms with Gasteiger partial charge in [0, 0.05) is 30.8 Å². The molecule has 1 saturated heterocycles. The van der Waals surface area contributed by atoms with Crippen LogP contribution in [0.4, 0.5) is 4.39 Å². The molecule has 5 rings (SSSR count). The minimum atomic E-state index is -0.283. The summed E-state index contributed by atoms with van der Waals surface area (Å²) in [7, 11) is 0. The van der Waals surface area contributed by atoms with E-state index in [1.165, 1.54) is 0 Å². The lowest BCUT2D eigenvalue weighted by atomic mass is 9.96. The van der Waals surface area contributed by atoms with Gasteiger partial charge >= 0.3 is 0 Å². The summed E-state index contributed by atoms with van der Waals surface area (Å²) in [5, 5.41) is 14.6. The first-order valence-corrected chi connectivity index (χ1v) is 11.6. The van der Waals surface area contributed by atoms with Gasteiger partial charge in [-0.3, -0.25) is 9.29 Å².